The van der Waals surface area contributed by atoms with Gasteiger partial charge in [-0.25, -0.2) is 0 Å². The smallest absolute Gasteiger partial charge is 0.496 e. The summed E-state index contributed by atoms with van der Waals surface area (Å²) >= 11 is 0. The summed E-state index contributed by atoms with van der Waals surface area (Å²) in [5.41, 5.74) is 0.337. The first-order chi connectivity index (χ1) is 10.2. The predicted molar refractivity (Wildman–Crippen MR) is 83.4 cm³/mol. The van der Waals surface area contributed by atoms with Crippen LogP contribution in [0.4, 0.5) is 0 Å². The van der Waals surface area contributed by atoms with Crippen molar-refractivity contribution in [2.75, 3.05) is 21.3 Å². The van der Waals surface area contributed by atoms with Gasteiger partial charge >= 0.3 is 18.9 Å². The number of hydrogen-bond acceptors (Lipinski definition) is 4. The van der Waals surface area contributed by atoms with E-state index in [0.29, 0.717) is 31.4 Å². The third-order valence-corrected chi connectivity index (χ3v) is 3.90. The zero-order valence-corrected chi connectivity index (χ0v) is 14.0. The molecule has 4 nitrogen and oxygen atoms in total. The second-order valence-electron chi connectivity index (χ2n) is 4.16. The Hall–Kier alpha value is -1.46. The summed E-state index contributed by atoms with van der Waals surface area (Å²) in [5, 5.41) is 0.919. The normalized spacial score (nSPS) is 10.1. The van der Waals surface area contributed by atoms with Gasteiger partial charge in [0.15, 0.2) is 0 Å². The second-order valence-corrected chi connectivity index (χ2v) is 5.31. The molecule has 0 atom stereocenters. The van der Waals surface area contributed by atoms with Crippen LogP contribution in [0.3, 0.4) is 0 Å². The predicted octanol–water partition coefficient (Wildman–Crippen LogP) is 0.128. The van der Waals surface area contributed by atoms with Crippen molar-refractivity contribution in [2.24, 2.45) is 0 Å². The summed E-state index contributed by atoms with van der Waals surface area (Å²) in [6.45, 7) is 0. The number of ether oxygens (including phenoxy) is 3. The zero-order chi connectivity index (χ0) is 15.2. The van der Waals surface area contributed by atoms with E-state index in [2.05, 4.69) is 0 Å². The second kappa shape index (κ2) is 8.85. The average molecular weight is 310 g/mol. The van der Waals surface area contributed by atoms with Crippen LogP contribution in [0.2, 0.25) is 0 Å². The Labute approximate surface area is 144 Å². The molecule has 2 aromatic carbocycles. The van der Waals surface area contributed by atoms with Crippen molar-refractivity contribution in [2.45, 2.75) is 0 Å². The zero-order valence-electron chi connectivity index (χ0n) is 13.1. The van der Waals surface area contributed by atoms with E-state index in [4.69, 9.17) is 14.2 Å². The fourth-order valence-corrected chi connectivity index (χ4v) is 2.78. The topological polar surface area (TPSA) is 44.8 Å². The van der Waals surface area contributed by atoms with Crippen LogP contribution in [-0.2, 0) is 0 Å². The summed E-state index contributed by atoms with van der Waals surface area (Å²) in [6, 6.07) is 12.9. The quantitative estimate of drug-likeness (QED) is 0.562. The van der Waals surface area contributed by atoms with E-state index in [0.717, 1.165) is 5.30 Å². The van der Waals surface area contributed by atoms with Gasteiger partial charge in [-0.3, -0.25) is 0 Å². The van der Waals surface area contributed by atoms with E-state index in [9.17, 15) is 4.79 Å². The molecule has 0 unspecified atom stereocenters. The summed E-state index contributed by atoms with van der Waals surface area (Å²) in [5.74, 6) is 1.47. The molecule has 0 bridgehead atoms. The van der Waals surface area contributed by atoms with Gasteiger partial charge in [0.05, 0.1) is 26.9 Å². The number of hydrogen-bond donors (Lipinski definition) is 0. The molecular formula is C16H16LiO4P. The van der Waals surface area contributed by atoms with E-state index in [1.165, 1.54) is 14.2 Å². The molecular weight excluding hydrogens is 294 g/mol. The molecule has 0 aliphatic rings. The monoisotopic (exact) mass is 310 g/mol. The van der Waals surface area contributed by atoms with Gasteiger partial charge in [0.25, 0.3) is 0 Å². The van der Waals surface area contributed by atoms with Gasteiger partial charge in [0, 0.05) is 17.7 Å². The van der Waals surface area contributed by atoms with Crippen LogP contribution in [0.25, 0.3) is 0 Å². The summed E-state index contributed by atoms with van der Waals surface area (Å²) in [7, 11) is 5.16. The van der Waals surface area contributed by atoms with E-state index in [-0.39, 0.29) is 24.4 Å². The van der Waals surface area contributed by atoms with Crippen molar-refractivity contribution in [1.82, 2.24) is 0 Å². The number of benzene rings is 2. The molecule has 0 aromatic heterocycles. The minimum absolute atomic E-state index is 0. The summed E-state index contributed by atoms with van der Waals surface area (Å²) < 4.78 is 15.8. The molecule has 0 radical (unpaired) electrons. The van der Waals surface area contributed by atoms with Crippen molar-refractivity contribution in [3.63, 3.8) is 0 Å². The molecule has 6 heteroatoms. The first-order valence-electron chi connectivity index (χ1n) is 6.30. The van der Waals surface area contributed by atoms with E-state index < -0.39 is 0 Å². The van der Waals surface area contributed by atoms with Crippen molar-refractivity contribution < 1.29 is 37.9 Å². The van der Waals surface area contributed by atoms with E-state index in [1.54, 1.807) is 19.2 Å². The molecule has 0 aliphatic heterocycles. The fraction of sp³-hybridized carbons (Fsp3) is 0.188. The molecule has 0 aliphatic carbocycles. The van der Waals surface area contributed by atoms with Crippen LogP contribution in [0.1, 0.15) is 10.4 Å². The third kappa shape index (κ3) is 4.27. The van der Waals surface area contributed by atoms with Gasteiger partial charge in [-0.15, -0.1) is 0 Å². The Balaban J connectivity index is 0.00000242. The van der Waals surface area contributed by atoms with Crippen LogP contribution < -0.4 is 38.4 Å². The minimum Gasteiger partial charge on any atom is -0.496 e. The summed E-state index contributed by atoms with van der Waals surface area (Å²) in [6.07, 6.45) is 0. The van der Waals surface area contributed by atoms with Gasteiger partial charge < -0.3 is 27.6 Å². The maximum Gasteiger partial charge on any atom is 1.00 e. The van der Waals surface area contributed by atoms with E-state index >= 15 is 0 Å². The molecule has 0 spiro atoms. The molecule has 110 valence electrons. The number of rotatable bonds is 6. The molecule has 0 amide bonds. The van der Waals surface area contributed by atoms with Gasteiger partial charge in [-0.2, -0.15) is 5.30 Å². The average Bonchev–Trinajstić information content (AvgIpc) is 2.54. The van der Waals surface area contributed by atoms with Crippen molar-refractivity contribution in [3.8, 4) is 17.2 Å². The number of carbonyl (C=O) groups excluding carboxylic acids is 1. The Morgan fingerprint density at radius 3 is 1.91 bits per heavy atom. The minimum atomic E-state index is -0.0856. The summed E-state index contributed by atoms with van der Waals surface area (Å²) in [4.78, 5) is 12.6. The van der Waals surface area contributed by atoms with Gasteiger partial charge in [0.1, 0.15) is 17.2 Å². The molecule has 0 saturated carbocycles. The molecule has 0 N–H and O–H groups in total. The Morgan fingerprint density at radius 2 is 1.45 bits per heavy atom. The molecule has 0 saturated heterocycles. The Bertz CT molecular complexity index is 606. The molecule has 2 aromatic rings. The maximum absolute atomic E-state index is 12.6. The van der Waals surface area contributed by atoms with Gasteiger partial charge in [0.2, 0.25) is 0 Å². The molecule has 0 heterocycles. The van der Waals surface area contributed by atoms with Crippen LogP contribution in [-0.4, -0.2) is 26.9 Å². The first-order valence-corrected chi connectivity index (χ1v) is 7.20. The van der Waals surface area contributed by atoms with Gasteiger partial charge in [-0.1, -0.05) is 30.3 Å². The van der Waals surface area contributed by atoms with E-state index in [1.807, 2.05) is 30.3 Å². The Kier molecular flexibility index (Phi) is 7.48. The van der Waals surface area contributed by atoms with Crippen LogP contribution in [0.5, 0.6) is 17.2 Å². The van der Waals surface area contributed by atoms with Crippen molar-refractivity contribution >= 4 is 19.4 Å². The molecule has 22 heavy (non-hydrogen) atoms. The number of methoxy groups -OCH3 is 3. The van der Waals surface area contributed by atoms with Crippen molar-refractivity contribution in [1.29, 1.82) is 0 Å². The first kappa shape index (κ1) is 18.6. The van der Waals surface area contributed by atoms with Crippen LogP contribution in [0, 0.1) is 0 Å². The van der Waals surface area contributed by atoms with Crippen molar-refractivity contribution in [3.05, 3.63) is 48.0 Å². The molecule has 0 fully saturated rings. The largest absolute Gasteiger partial charge is 1.00 e. The fourth-order valence-electron chi connectivity index (χ4n) is 1.89. The Morgan fingerprint density at radius 1 is 0.909 bits per heavy atom. The van der Waals surface area contributed by atoms with Crippen LogP contribution >= 0.6 is 8.58 Å². The third-order valence-electron chi connectivity index (χ3n) is 2.92. The standard InChI is InChI=1S/C16H16O4P.Li/c1-18-11-9-13(19-2)15(14(10-11)20-3)16(17)21-12-7-5-4-6-8-12;/h4-10H,1-3H3;/q-1;+1. The maximum atomic E-state index is 12.6. The van der Waals surface area contributed by atoms with Gasteiger partial charge in [-0.05, 0) is 0 Å². The van der Waals surface area contributed by atoms with Crippen LogP contribution in [0.15, 0.2) is 42.5 Å². The molecule has 2 rings (SSSR count). The number of carbonyl (C=O) groups is 1. The SMILES string of the molecule is COc1cc(OC)c(C(=O)[P-]c2ccccc2)c(OC)c1.[Li+].